The van der Waals surface area contributed by atoms with Crippen LogP contribution in [0.5, 0.6) is 0 Å². The maximum atomic E-state index is 5.00. The molecular formula is C9H14O. The Kier molecular flexibility index (Phi) is 4.49. The minimum Gasteiger partial charge on any atom is -0.443 e. The van der Waals surface area contributed by atoms with Crippen molar-refractivity contribution in [2.24, 2.45) is 5.92 Å². The molecule has 0 aliphatic rings. The molecule has 0 aliphatic carbocycles. The van der Waals surface area contributed by atoms with Gasteiger partial charge in [-0.3, -0.25) is 0 Å². The highest BCUT2D eigenvalue weighted by molar-refractivity contribution is 4.80. The van der Waals surface area contributed by atoms with Gasteiger partial charge >= 0.3 is 0 Å². The molecule has 0 fully saturated rings. The molecule has 0 aliphatic heterocycles. The molecule has 1 unspecified atom stereocenters. The van der Waals surface area contributed by atoms with Crippen LogP contribution >= 0.6 is 0 Å². The lowest BCUT2D eigenvalue weighted by molar-refractivity contribution is 0.123. The summed E-state index contributed by atoms with van der Waals surface area (Å²) in [5.41, 5.74) is 0. The van der Waals surface area contributed by atoms with Crippen LogP contribution in [0.1, 0.15) is 20.3 Å². The second kappa shape index (κ2) is 4.93. The lowest BCUT2D eigenvalue weighted by Gasteiger charge is -2.15. The molecule has 0 amide bonds. The van der Waals surface area contributed by atoms with Gasteiger partial charge < -0.3 is 4.74 Å². The van der Waals surface area contributed by atoms with Crippen LogP contribution < -0.4 is 0 Å². The zero-order valence-electron chi connectivity index (χ0n) is 6.63. The van der Waals surface area contributed by atoms with E-state index in [9.17, 15) is 0 Å². The minimum absolute atomic E-state index is 0.127. The third kappa shape index (κ3) is 3.19. The molecule has 1 nitrogen and oxygen atoms in total. The molecule has 0 heterocycles. The SMILES string of the molecule is C#COC(CC=C)C(C)C. The maximum Gasteiger partial charge on any atom is 0.116 e. The van der Waals surface area contributed by atoms with Crippen molar-refractivity contribution >= 4 is 0 Å². The largest absolute Gasteiger partial charge is 0.443 e. The van der Waals surface area contributed by atoms with Crippen molar-refractivity contribution in [3.8, 4) is 12.5 Å². The van der Waals surface area contributed by atoms with Crippen LogP contribution in [0.15, 0.2) is 12.7 Å². The Labute approximate surface area is 63.1 Å². The molecular weight excluding hydrogens is 124 g/mol. The van der Waals surface area contributed by atoms with E-state index >= 15 is 0 Å². The summed E-state index contributed by atoms with van der Waals surface area (Å²) in [5.74, 6) is 0.453. The van der Waals surface area contributed by atoms with Crippen LogP contribution in [-0.2, 0) is 4.74 Å². The Morgan fingerprint density at radius 1 is 1.70 bits per heavy atom. The third-order valence-corrected chi connectivity index (χ3v) is 1.36. The highest BCUT2D eigenvalue weighted by Gasteiger charge is 2.10. The number of ether oxygens (including phenoxy) is 1. The molecule has 0 N–H and O–H groups in total. The van der Waals surface area contributed by atoms with E-state index in [1.165, 1.54) is 0 Å². The summed E-state index contributed by atoms with van der Waals surface area (Å²) < 4.78 is 5.00. The summed E-state index contributed by atoms with van der Waals surface area (Å²) in [6.45, 7) is 7.77. The van der Waals surface area contributed by atoms with Crippen molar-refractivity contribution < 1.29 is 4.74 Å². The van der Waals surface area contributed by atoms with Gasteiger partial charge in [0.15, 0.2) is 0 Å². The molecule has 1 heteroatoms. The Morgan fingerprint density at radius 3 is 2.60 bits per heavy atom. The van der Waals surface area contributed by atoms with E-state index in [1.807, 2.05) is 6.08 Å². The fourth-order valence-corrected chi connectivity index (χ4v) is 0.708. The Balaban J connectivity index is 3.74. The Bertz CT molecular complexity index is 130. The maximum absolute atomic E-state index is 5.00. The van der Waals surface area contributed by atoms with Gasteiger partial charge in [0.2, 0.25) is 0 Å². The fourth-order valence-electron chi connectivity index (χ4n) is 0.708. The molecule has 0 spiro atoms. The number of terminal acetylenes is 1. The van der Waals surface area contributed by atoms with E-state index in [-0.39, 0.29) is 6.10 Å². The van der Waals surface area contributed by atoms with E-state index in [1.54, 1.807) is 0 Å². The minimum atomic E-state index is 0.127. The van der Waals surface area contributed by atoms with E-state index in [0.29, 0.717) is 5.92 Å². The van der Waals surface area contributed by atoms with Crippen LogP contribution in [-0.4, -0.2) is 6.10 Å². The van der Waals surface area contributed by atoms with Gasteiger partial charge in [-0.1, -0.05) is 26.3 Å². The van der Waals surface area contributed by atoms with E-state index in [2.05, 4.69) is 26.5 Å². The summed E-state index contributed by atoms with van der Waals surface area (Å²) in [6.07, 6.45) is 9.95. The number of hydrogen-bond donors (Lipinski definition) is 0. The Morgan fingerprint density at radius 2 is 2.30 bits per heavy atom. The first-order chi connectivity index (χ1) is 4.72. The molecule has 1 atom stereocenters. The standard InChI is InChI=1S/C9H14O/c1-5-7-9(8(3)4)10-6-2/h2,5,8-9H,1,7H2,3-4H3. The topological polar surface area (TPSA) is 9.23 Å². The zero-order chi connectivity index (χ0) is 7.98. The van der Waals surface area contributed by atoms with Crippen molar-refractivity contribution in [3.63, 3.8) is 0 Å². The van der Waals surface area contributed by atoms with E-state index in [4.69, 9.17) is 11.2 Å². The number of rotatable bonds is 4. The predicted octanol–water partition coefficient (Wildman–Crippen LogP) is 2.19. The normalized spacial score (nSPS) is 12.2. The fraction of sp³-hybridized carbons (Fsp3) is 0.556. The smallest absolute Gasteiger partial charge is 0.116 e. The van der Waals surface area contributed by atoms with Crippen molar-refractivity contribution in [1.82, 2.24) is 0 Å². The van der Waals surface area contributed by atoms with Crippen molar-refractivity contribution in [1.29, 1.82) is 0 Å². The molecule has 0 aromatic rings. The average Bonchev–Trinajstić information content (AvgIpc) is 1.87. The first-order valence-corrected chi connectivity index (χ1v) is 3.44. The molecule has 0 aromatic heterocycles. The third-order valence-electron chi connectivity index (χ3n) is 1.36. The van der Waals surface area contributed by atoms with Gasteiger partial charge in [0.05, 0.1) is 0 Å². The summed E-state index contributed by atoms with van der Waals surface area (Å²) >= 11 is 0. The molecule has 0 aromatic carbocycles. The average molecular weight is 138 g/mol. The lowest BCUT2D eigenvalue weighted by atomic mass is 10.0. The first kappa shape index (κ1) is 9.10. The van der Waals surface area contributed by atoms with E-state index < -0.39 is 0 Å². The molecule has 0 rings (SSSR count). The zero-order valence-corrected chi connectivity index (χ0v) is 6.63. The second-order valence-electron chi connectivity index (χ2n) is 2.54. The summed E-state index contributed by atoms with van der Waals surface area (Å²) in [6, 6.07) is 0. The summed E-state index contributed by atoms with van der Waals surface area (Å²) in [4.78, 5) is 0. The second-order valence-corrected chi connectivity index (χ2v) is 2.54. The molecule has 0 radical (unpaired) electrons. The van der Waals surface area contributed by atoms with Crippen LogP contribution in [0.25, 0.3) is 0 Å². The lowest BCUT2D eigenvalue weighted by Crippen LogP contribution is -2.16. The van der Waals surface area contributed by atoms with Gasteiger partial charge in [-0.15, -0.1) is 6.58 Å². The van der Waals surface area contributed by atoms with Gasteiger partial charge in [0.25, 0.3) is 0 Å². The van der Waals surface area contributed by atoms with Gasteiger partial charge in [0, 0.05) is 6.42 Å². The molecule has 0 saturated carbocycles. The van der Waals surface area contributed by atoms with Gasteiger partial charge in [-0.05, 0) is 5.92 Å². The predicted molar refractivity (Wildman–Crippen MR) is 43.4 cm³/mol. The van der Waals surface area contributed by atoms with Crippen molar-refractivity contribution in [2.45, 2.75) is 26.4 Å². The molecule has 0 bridgehead atoms. The molecule has 56 valence electrons. The first-order valence-electron chi connectivity index (χ1n) is 3.44. The molecule has 0 saturated heterocycles. The van der Waals surface area contributed by atoms with Crippen molar-refractivity contribution in [2.75, 3.05) is 0 Å². The molecule has 10 heavy (non-hydrogen) atoms. The van der Waals surface area contributed by atoms with Gasteiger partial charge in [-0.25, -0.2) is 0 Å². The number of hydrogen-bond acceptors (Lipinski definition) is 1. The van der Waals surface area contributed by atoms with Crippen LogP contribution in [0.3, 0.4) is 0 Å². The highest BCUT2D eigenvalue weighted by Crippen LogP contribution is 2.09. The highest BCUT2D eigenvalue weighted by atomic mass is 16.5. The quantitative estimate of drug-likeness (QED) is 0.427. The van der Waals surface area contributed by atoms with Crippen LogP contribution in [0.2, 0.25) is 0 Å². The van der Waals surface area contributed by atoms with Crippen LogP contribution in [0.4, 0.5) is 0 Å². The summed E-state index contributed by atoms with van der Waals surface area (Å²) in [5, 5.41) is 0. The van der Waals surface area contributed by atoms with Gasteiger partial charge in [0.1, 0.15) is 12.2 Å². The summed E-state index contributed by atoms with van der Waals surface area (Å²) in [7, 11) is 0. The van der Waals surface area contributed by atoms with Crippen molar-refractivity contribution in [3.05, 3.63) is 12.7 Å². The van der Waals surface area contributed by atoms with Gasteiger partial charge in [-0.2, -0.15) is 0 Å². The monoisotopic (exact) mass is 138 g/mol. The Hall–Kier alpha value is -0.900. The van der Waals surface area contributed by atoms with Crippen LogP contribution in [0, 0.1) is 18.4 Å². The van der Waals surface area contributed by atoms with E-state index in [0.717, 1.165) is 6.42 Å².